The number of hydrogen-bond donors (Lipinski definition) is 1. The number of rotatable bonds is 4. The summed E-state index contributed by atoms with van der Waals surface area (Å²) in [5.74, 6) is 0.696. The molecule has 2 rings (SSSR count). The molecule has 21 heavy (non-hydrogen) atoms. The van der Waals surface area contributed by atoms with Crippen LogP contribution in [0.25, 0.3) is 0 Å². The van der Waals surface area contributed by atoms with Gasteiger partial charge < -0.3 is 5.32 Å². The van der Waals surface area contributed by atoms with Gasteiger partial charge in [0.15, 0.2) is 0 Å². The van der Waals surface area contributed by atoms with Crippen LogP contribution < -0.4 is 5.32 Å². The van der Waals surface area contributed by atoms with Crippen molar-refractivity contribution in [1.82, 2.24) is 15.1 Å². The number of hydrogen-bond acceptors (Lipinski definition) is 3. The summed E-state index contributed by atoms with van der Waals surface area (Å²) in [7, 11) is 0. The van der Waals surface area contributed by atoms with Crippen molar-refractivity contribution in [3.05, 3.63) is 0 Å². The minimum Gasteiger partial charge on any atom is -0.312 e. The first kappa shape index (κ1) is 17.2. The van der Waals surface area contributed by atoms with Gasteiger partial charge in [-0.1, -0.05) is 13.3 Å². The van der Waals surface area contributed by atoms with Crippen LogP contribution in [0.3, 0.4) is 0 Å². The second-order valence-corrected chi connectivity index (χ2v) is 8.54. The molecule has 0 amide bonds. The topological polar surface area (TPSA) is 18.5 Å². The Morgan fingerprint density at radius 2 is 1.86 bits per heavy atom. The van der Waals surface area contributed by atoms with Crippen LogP contribution in [0, 0.1) is 5.92 Å². The third-order valence-electron chi connectivity index (χ3n) is 5.54. The van der Waals surface area contributed by atoms with Crippen LogP contribution in [-0.4, -0.2) is 59.6 Å². The molecule has 0 bridgehead atoms. The third-order valence-corrected chi connectivity index (χ3v) is 5.54. The summed E-state index contributed by atoms with van der Waals surface area (Å²) in [5, 5.41) is 3.68. The van der Waals surface area contributed by atoms with E-state index >= 15 is 0 Å². The Labute approximate surface area is 132 Å². The fourth-order valence-electron chi connectivity index (χ4n) is 3.91. The Kier molecular flexibility index (Phi) is 5.72. The highest BCUT2D eigenvalue weighted by Gasteiger charge is 2.36. The Bertz CT molecular complexity index is 323. The summed E-state index contributed by atoms with van der Waals surface area (Å²) >= 11 is 0. The molecular formula is C18H37N3. The largest absolute Gasteiger partial charge is 0.312 e. The molecule has 0 aromatic heterocycles. The van der Waals surface area contributed by atoms with E-state index < -0.39 is 0 Å². The summed E-state index contributed by atoms with van der Waals surface area (Å²) < 4.78 is 0. The predicted octanol–water partition coefficient (Wildman–Crippen LogP) is 2.96. The Hall–Kier alpha value is -0.120. The van der Waals surface area contributed by atoms with E-state index in [1.165, 1.54) is 38.9 Å². The lowest BCUT2D eigenvalue weighted by atomic mass is 9.92. The lowest BCUT2D eigenvalue weighted by Gasteiger charge is -2.50. The molecule has 4 unspecified atom stereocenters. The molecule has 3 heteroatoms. The van der Waals surface area contributed by atoms with Crippen LogP contribution in [0.5, 0.6) is 0 Å². The molecule has 0 saturated carbocycles. The number of piperazine rings is 1. The van der Waals surface area contributed by atoms with Gasteiger partial charge in [-0.2, -0.15) is 0 Å². The van der Waals surface area contributed by atoms with E-state index in [0.717, 1.165) is 12.6 Å². The highest BCUT2D eigenvalue weighted by Crippen LogP contribution is 2.27. The third kappa shape index (κ3) is 4.67. The summed E-state index contributed by atoms with van der Waals surface area (Å²) in [6, 6.07) is 2.19. The summed E-state index contributed by atoms with van der Waals surface area (Å²) in [4.78, 5) is 5.52. The molecule has 2 heterocycles. The predicted molar refractivity (Wildman–Crippen MR) is 91.8 cm³/mol. The van der Waals surface area contributed by atoms with Gasteiger partial charge in [-0.15, -0.1) is 0 Å². The molecule has 2 aliphatic heterocycles. The van der Waals surface area contributed by atoms with E-state index in [1.54, 1.807) is 0 Å². The maximum atomic E-state index is 3.68. The van der Waals surface area contributed by atoms with Gasteiger partial charge in [-0.3, -0.25) is 9.80 Å². The van der Waals surface area contributed by atoms with E-state index in [4.69, 9.17) is 0 Å². The average Bonchev–Trinajstić information content (AvgIpc) is 2.42. The van der Waals surface area contributed by atoms with Crippen molar-refractivity contribution in [1.29, 1.82) is 0 Å². The summed E-state index contributed by atoms with van der Waals surface area (Å²) in [6.07, 6.45) is 4.24. The molecule has 0 spiro atoms. The van der Waals surface area contributed by atoms with Crippen LogP contribution >= 0.6 is 0 Å². The molecule has 2 saturated heterocycles. The van der Waals surface area contributed by atoms with Gasteiger partial charge in [0.25, 0.3) is 0 Å². The molecule has 124 valence electrons. The quantitative estimate of drug-likeness (QED) is 0.860. The molecule has 1 N–H and O–H groups in total. The fourth-order valence-corrected chi connectivity index (χ4v) is 3.91. The van der Waals surface area contributed by atoms with Crippen LogP contribution in [0.2, 0.25) is 0 Å². The monoisotopic (exact) mass is 295 g/mol. The van der Waals surface area contributed by atoms with Gasteiger partial charge in [0, 0.05) is 36.8 Å². The maximum absolute atomic E-state index is 3.68. The normalized spacial score (nSPS) is 31.7. The van der Waals surface area contributed by atoms with Crippen molar-refractivity contribution >= 4 is 0 Å². The summed E-state index contributed by atoms with van der Waals surface area (Å²) in [5.41, 5.74) is 0.224. The Balaban J connectivity index is 1.90. The van der Waals surface area contributed by atoms with Gasteiger partial charge in [-0.25, -0.2) is 0 Å². The SMILES string of the molecule is CC(CNC(C)(C)C)C(C)N1CC2CCCCN2CC1C. The zero-order valence-electron chi connectivity index (χ0n) is 15.2. The van der Waals surface area contributed by atoms with Crippen molar-refractivity contribution in [2.75, 3.05) is 26.2 Å². The van der Waals surface area contributed by atoms with Gasteiger partial charge in [0.05, 0.1) is 0 Å². The minimum absolute atomic E-state index is 0.224. The first-order chi connectivity index (χ1) is 9.78. The lowest BCUT2D eigenvalue weighted by Crippen LogP contribution is -2.62. The maximum Gasteiger partial charge on any atom is 0.0224 e. The molecule has 3 nitrogen and oxygen atoms in total. The fraction of sp³-hybridized carbons (Fsp3) is 1.00. The Morgan fingerprint density at radius 1 is 1.14 bits per heavy atom. The highest BCUT2D eigenvalue weighted by atomic mass is 15.3. The van der Waals surface area contributed by atoms with E-state index in [-0.39, 0.29) is 5.54 Å². The van der Waals surface area contributed by atoms with Gasteiger partial charge in [-0.05, 0) is 66.5 Å². The van der Waals surface area contributed by atoms with E-state index in [9.17, 15) is 0 Å². The van der Waals surface area contributed by atoms with Crippen molar-refractivity contribution in [2.45, 2.75) is 84.5 Å². The zero-order valence-corrected chi connectivity index (χ0v) is 15.2. The van der Waals surface area contributed by atoms with Crippen LogP contribution in [0.4, 0.5) is 0 Å². The van der Waals surface area contributed by atoms with Gasteiger partial charge in [0.2, 0.25) is 0 Å². The molecule has 0 aromatic carbocycles. The van der Waals surface area contributed by atoms with Crippen molar-refractivity contribution in [3.8, 4) is 0 Å². The first-order valence-corrected chi connectivity index (χ1v) is 9.03. The van der Waals surface area contributed by atoms with Crippen LogP contribution in [-0.2, 0) is 0 Å². The zero-order chi connectivity index (χ0) is 15.6. The first-order valence-electron chi connectivity index (χ1n) is 9.03. The minimum atomic E-state index is 0.224. The smallest absolute Gasteiger partial charge is 0.0224 e. The molecule has 2 fully saturated rings. The van der Waals surface area contributed by atoms with Crippen LogP contribution in [0.15, 0.2) is 0 Å². The average molecular weight is 296 g/mol. The number of nitrogens with zero attached hydrogens (tertiary/aromatic N) is 2. The molecule has 2 aliphatic rings. The molecular weight excluding hydrogens is 258 g/mol. The van der Waals surface area contributed by atoms with Crippen molar-refractivity contribution in [2.24, 2.45) is 5.92 Å². The second-order valence-electron chi connectivity index (χ2n) is 8.54. The molecule has 0 aromatic rings. The lowest BCUT2D eigenvalue weighted by molar-refractivity contribution is -0.0157. The van der Waals surface area contributed by atoms with E-state index in [1.807, 2.05) is 0 Å². The number of nitrogens with one attached hydrogen (secondary N) is 1. The number of fused-ring (bicyclic) bond motifs is 1. The standard InChI is InChI=1S/C18H37N3/c1-14(11-19-18(4,5)6)16(3)21-13-17-9-7-8-10-20(17)12-15(21)2/h14-17,19H,7-13H2,1-6H3. The van der Waals surface area contributed by atoms with Gasteiger partial charge >= 0.3 is 0 Å². The Morgan fingerprint density at radius 3 is 2.52 bits per heavy atom. The van der Waals surface area contributed by atoms with Gasteiger partial charge in [0.1, 0.15) is 0 Å². The molecule has 0 radical (unpaired) electrons. The molecule has 0 aliphatic carbocycles. The number of piperidine rings is 1. The summed E-state index contributed by atoms with van der Waals surface area (Å²) in [6.45, 7) is 19.0. The van der Waals surface area contributed by atoms with E-state index in [2.05, 4.69) is 56.7 Å². The molecule has 4 atom stereocenters. The van der Waals surface area contributed by atoms with E-state index in [0.29, 0.717) is 18.0 Å². The van der Waals surface area contributed by atoms with Crippen molar-refractivity contribution in [3.63, 3.8) is 0 Å². The highest BCUT2D eigenvalue weighted by molar-refractivity contribution is 4.92. The van der Waals surface area contributed by atoms with Crippen molar-refractivity contribution < 1.29 is 0 Å². The van der Waals surface area contributed by atoms with Crippen LogP contribution in [0.1, 0.15) is 60.8 Å². The second kappa shape index (κ2) is 6.97.